The molecule has 1 atom stereocenters. The first-order valence-electron chi connectivity index (χ1n) is 8.15. The summed E-state index contributed by atoms with van der Waals surface area (Å²) >= 11 is 6.16. The van der Waals surface area contributed by atoms with Gasteiger partial charge in [-0.15, -0.1) is 0 Å². The zero-order chi connectivity index (χ0) is 18.4. The van der Waals surface area contributed by atoms with E-state index < -0.39 is 12.1 Å². The average molecular weight is 364 g/mol. The van der Waals surface area contributed by atoms with Crippen LogP contribution >= 0.6 is 11.6 Å². The molecule has 0 saturated carbocycles. The second-order valence-electron chi connectivity index (χ2n) is 6.15. The van der Waals surface area contributed by atoms with E-state index in [1.807, 2.05) is 38.1 Å². The molecule has 0 aromatic heterocycles. The summed E-state index contributed by atoms with van der Waals surface area (Å²) in [5.74, 6) is -0.0625. The van der Waals surface area contributed by atoms with Crippen molar-refractivity contribution in [1.29, 1.82) is 0 Å². The summed E-state index contributed by atoms with van der Waals surface area (Å²) in [6.45, 7) is 5.76. The van der Waals surface area contributed by atoms with Crippen LogP contribution in [-0.2, 0) is 14.3 Å². The first kappa shape index (κ1) is 19.1. The molecule has 1 N–H and O–H groups in total. The third-order valence-corrected chi connectivity index (χ3v) is 3.87. The highest BCUT2D eigenvalue weighted by atomic mass is 35.5. The summed E-state index contributed by atoms with van der Waals surface area (Å²) in [6.07, 6.45) is -0.864. The van der Waals surface area contributed by atoms with Crippen molar-refractivity contribution in [3.8, 4) is 5.75 Å². The van der Waals surface area contributed by atoms with Gasteiger partial charge >= 0.3 is 5.97 Å². The number of hydrogen-bond acceptors (Lipinski definition) is 4. The van der Waals surface area contributed by atoms with Gasteiger partial charge in [0.2, 0.25) is 0 Å². The molecule has 0 saturated heterocycles. The Kier molecular flexibility index (Phi) is 6.65. The van der Waals surface area contributed by atoms with Crippen molar-refractivity contribution in [3.63, 3.8) is 0 Å². The van der Waals surface area contributed by atoms with Gasteiger partial charge in [-0.2, -0.15) is 0 Å². The highest BCUT2D eigenvalue weighted by Gasteiger charge is 2.18. The molecule has 0 aliphatic carbocycles. The lowest BCUT2D eigenvalue weighted by Crippen LogP contribution is -2.38. The minimum absolute atomic E-state index is 0.284. The van der Waals surface area contributed by atoms with Crippen LogP contribution in [-0.4, -0.2) is 31.1 Å². The number of hydrogen-bond donors (Lipinski definition) is 1. The van der Waals surface area contributed by atoms with Gasteiger partial charge in [-0.1, -0.05) is 49.7 Å². The van der Waals surface area contributed by atoms with Crippen LogP contribution in [0.5, 0.6) is 5.75 Å². The van der Waals surface area contributed by atoms with Gasteiger partial charge in [0.1, 0.15) is 5.75 Å². The quantitative estimate of drug-likeness (QED) is 0.764. The van der Waals surface area contributed by atoms with Crippen LogP contribution in [0, 0.1) is 5.92 Å². The number of halogens is 1. The lowest BCUT2D eigenvalue weighted by molar-refractivity contribution is -0.156. The fourth-order valence-electron chi connectivity index (χ4n) is 2.23. The molecule has 0 fully saturated rings. The third-order valence-electron chi connectivity index (χ3n) is 3.54. The Bertz CT molecular complexity index is 760. The van der Waals surface area contributed by atoms with E-state index >= 15 is 0 Å². The number of ether oxygens (including phenoxy) is 2. The molecule has 2 rings (SSSR count). The lowest BCUT2D eigenvalue weighted by atomic mass is 10.1. The monoisotopic (exact) mass is 363 g/mol. The summed E-state index contributed by atoms with van der Waals surface area (Å²) in [6, 6.07) is 10.9. The molecule has 0 aliphatic heterocycles. The van der Waals surface area contributed by atoms with E-state index in [0.717, 1.165) is 10.8 Å². The number of carbonyl (C=O) groups excluding carboxylic acids is 2. The van der Waals surface area contributed by atoms with Gasteiger partial charge in [-0.05, 0) is 25.0 Å². The maximum atomic E-state index is 11.9. The summed E-state index contributed by atoms with van der Waals surface area (Å²) in [7, 11) is 0. The van der Waals surface area contributed by atoms with Crippen molar-refractivity contribution in [2.24, 2.45) is 5.92 Å². The molecular formula is C19H22ClNO4. The van der Waals surface area contributed by atoms with Crippen molar-refractivity contribution in [1.82, 2.24) is 5.32 Å². The van der Waals surface area contributed by atoms with Crippen LogP contribution in [0.15, 0.2) is 36.4 Å². The Morgan fingerprint density at radius 3 is 2.44 bits per heavy atom. The van der Waals surface area contributed by atoms with Gasteiger partial charge < -0.3 is 14.8 Å². The lowest BCUT2D eigenvalue weighted by Gasteiger charge is -2.15. The highest BCUT2D eigenvalue weighted by Crippen LogP contribution is 2.31. The first-order valence-corrected chi connectivity index (χ1v) is 8.53. The Morgan fingerprint density at radius 1 is 1.08 bits per heavy atom. The molecule has 2 aromatic rings. The SMILES string of the molecule is CC(C)CNC(=O)[C@H](C)OC(=O)COc1ccc(Cl)c2ccccc12. The maximum absolute atomic E-state index is 11.9. The number of fused-ring (bicyclic) bond motifs is 1. The van der Waals surface area contributed by atoms with Crippen LogP contribution < -0.4 is 10.1 Å². The minimum Gasteiger partial charge on any atom is -0.481 e. The van der Waals surface area contributed by atoms with E-state index in [1.165, 1.54) is 6.92 Å². The molecule has 5 nitrogen and oxygen atoms in total. The molecule has 2 aromatic carbocycles. The van der Waals surface area contributed by atoms with E-state index in [2.05, 4.69) is 5.32 Å². The largest absolute Gasteiger partial charge is 0.481 e. The molecule has 134 valence electrons. The Balaban J connectivity index is 1.92. The van der Waals surface area contributed by atoms with E-state index in [1.54, 1.807) is 12.1 Å². The van der Waals surface area contributed by atoms with Crippen molar-refractivity contribution in [2.45, 2.75) is 26.9 Å². The molecule has 6 heteroatoms. The van der Waals surface area contributed by atoms with E-state index in [9.17, 15) is 9.59 Å². The minimum atomic E-state index is -0.864. The van der Waals surface area contributed by atoms with Crippen LogP contribution in [0.25, 0.3) is 10.8 Å². The number of esters is 1. The van der Waals surface area contributed by atoms with Crippen molar-refractivity contribution in [2.75, 3.05) is 13.2 Å². The molecule has 0 bridgehead atoms. The van der Waals surface area contributed by atoms with Gasteiger partial charge in [0.05, 0.1) is 0 Å². The van der Waals surface area contributed by atoms with Gasteiger partial charge in [-0.25, -0.2) is 4.79 Å². The first-order chi connectivity index (χ1) is 11.9. The number of carbonyl (C=O) groups is 2. The van der Waals surface area contributed by atoms with Gasteiger partial charge in [-0.3, -0.25) is 4.79 Å². The summed E-state index contributed by atoms with van der Waals surface area (Å²) < 4.78 is 10.6. The molecule has 1 amide bonds. The normalized spacial score (nSPS) is 12.0. The van der Waals surface area contributed by atoms with Crippen LogP contribution in [0.2, 0.25) is 5.02 Å². The predicted octanol–water partition coefficient (Wildman–Crippen LogP) is 3.58. The fourth-order valence-corrected chi connectivity index (χ4v) is 2.46. The summed E-state index contributed by atoms with van der Waals surface area (Å²) in [5.41, 5.74) is 0. The van der Waals surface area contributed by atoms with Crippen LogP contribution in [0.1, 0.15) is 20.8 Å². The zero-order valence-corrected chi connectivity index (χ0v) is 15.3. The second kappa shape index (κ2) is 8.72. The van der Waals surface area contributed by atoms with E-state index in [4.69, 9.17) is 21.1 Å². The highest BCUT2D eigenvalue weighted by molar-refractivity contribution is 6.35. The smallest absolute Gasteiger partial charge is 0.344 e. The molecular weight excluding hydrogens is 342 g/mol. The van der Waals surface area contributed by atoms with Gasteiger partial charge in [0, 0.05) is 22.3 Å². The Hall–Kier alpha value is -2.27. The Labute approximate surface area is 152 Å². The molecule has 0 spiro atoms. The van der Waals surface area contributed by atoms with Crippen LogP contribution in [0.4, 0.5) is 0 Å². The van der Waals surface area contributed by atoms with Crippen molar-refractivity contribution >= 4 is 34.2 Å². The van der Waals surface area contributed by atoms with Gasteiger partial charge in [0.25, 0.3) is 5.91 Å². The zero-order valence-electron chi connectivity index (χ0n) is 14.5. The molecule has 0 radical (unpaired) electrons. The van der Waals surface area contributed by atoms with Crippen molar-refractivity contribution in [3.05, 3.63) is 41.4 Å². The molecule has 0 aliphatic rings. The predicted molar refractivity (Wildman–Crippen MR) is 97.9 cm³/mol. The molecule has 25 heavy (non-hydrogen) atoms. The van der Waals surface area contributed by atoms with E-state index in [0.29, 0.717) is 23.2 Å². The topological polar surface area (TPSA) is 64.6 Å². The molecule has 0 unspecified atom stereocenters. The Morgan fingerprint density at radius 2 is 1.76 bits per heavy atom. The number of rotatable bonds is 7. The number of amides is 1. The molecule has 0 heterocycles. The third kappa shape index (κ3) is 5.36. The fraction of sp³-hybridized carbons (Fsp3) is 0.368. The standard InChI is InChI=1S/C19H22ClNO4/c1-12(2)10-21-19(23)13(3)25-18(22)11-24-17-9-8-16(20)14-6-4-5-7-15(14)17/h4-9,12-13H,10-11H2,1-3H3,(H,21,23)/t13-/m0/s1. The van der Waals surface area contributed by atoms with Gasteiger partial charge in [0.15, 0.2) is 12.7 Å². The van der Waals surface area contributed by atoms with Crippen molar-refractivity contribution < 1.29 is 19.1 Å². The summed E-state index contributed by atoms with van der Waals surface area (Å²) in [4.78, 5) is 23.7. The average Bonchev–Trinajstić information content (AvgIpc) is 2.59. The van der Waals surface area contributed by atoms with Crippen LogP contribution in [0.3, 0.4) is 0 Å². The number of benzene rings is 2. The maximum Gasteiger partial charge on any atom is 0.344 e. The second-order valence-corrected chi connectivity index (χ2v) is 6.56. The van der Waals surface area contributed by atoms with E-state index in [-0.39, 0.29) is 12.5 Å². The number of nitrogens with one attached hydrogen (secondary N) is 1. The summed E-state index contributed by atoms with van der Waals surface area (Å²) in [5, 5.41) is 4.99.